The topological polar surface area (TPSA) is 175 Å². The Hall–Kier alpha value is -4.57. The second-order valence-corrected chi connectivity index (χ2v) is 28.8. The first kappa shape index (κ1) is 50.4. The van der Waals surface area contributed by atoms with Gasteiger partial charge in [-0.1, -0.05) is 108 Å². The van der Waals surface area contributed by atoms with Gasteiger partial charge in [-0.05, 0) is 139 Å². The number of carbonyl (C=O) groups excluding carboxylic acids is 1. The first-order valence-electron chi connectivity index (χ1n) is 29.7. The lowest BCUT2D eigenvalue weighted by Crippen LogP contribution is -2.56. The Morgan fingerprint density at radius 1 is 0.962 bits per heavy atom. The highest BCUT2D eigenvalue weighted by Crippen LogP contribution is 2.71. The van der Waals surface area contributed by atoms with E-state index in [0.29, 0.717) is 58.9 Å². The van der Waals surface area contributed by atoms with E-state index in [4.69, 9.17) is 15.2 Å². The minimum atomic E-state index is -1.09. The zero-order valence-corrected chi connectivity index (χ0v) is 46.3. The molecule has 13 unspecified atom stereocenters. The lowest BCUT2D eigenvalue weighted by Gasteiger charge is -2.56. The Morgan fingerprint density at radius 3 is 2.67 bits per heavy atom. The van der Waals surface area contributed by atoms with E-state index in [1.54, 1.807) is 16.9 Å². The van der Waals surface area contributed by atoms with Crippen molar-refractivity contribution in [1.82, 2.24) is 14.9 Å². The summed E-state index contributed by atoms with van der Waals surface area (Å²) >= 11 is 0. The normalized spacial score (nSPS) is 35.5. The number of carbonyl (C=O) groups is 1. The number of aliphatic hydroxyl groups is 3. The second-order valence-electron chi connectivity index (χ2n) is 26.3. The van der Waals surface area contributed by atoms with Crippen molar-refractivity contribution >= 4 is 38.3 Å². The molecule has 17 rings (SSSR count). The monoisotopic (exact) mass is 1090 g/mol. The van der Waals surface area contributed by atoms with Crippen LogP contribution < -0.4 is 20.5 Å². The molecule has 4 saturated carbocycles. The Morgan fingerprint density at radius 2 is 1.79 bits per heavy atom. The number of H-pyrrole nitrogens is 1. The molecule has 4 fully saturated rings. The summed E-state index contributed by atoms with van der Waals surface area (Å²) in [6, 6.07) is 5.92. The molecule has 11 nitrogen and oxygen atoms in total. The third-order valence-corrected chi connectivity index (χ3v) is 24.6. The van der Waals surface area contributed by atoms with Crippen LogP contribution in [0.1, 0.15) is 185 Å². The zero-order valence-electron chi connectivity index (χ0n) is 44.7. The predicted molar refractivity (Wildman–Crippen MR) is 304 cm³/mol. The highest BCUT2D eigenvalue weighted by Gasteiger charge is 2.62. The van der Waals surface area contributed by atoms with Gasteiger partial charge in [-0.15, -0.1) is 0 Å². The molecule has 13 atom stereocenters. The molecule has 10 bridgehead atoms. The van der Waals surface area contributed by atoms with E-state index in [1.807, 2.05) is 10.8 Å². The third kappa shape index (κ3) is 7.93. The fourth-order valence-electron chi connectivity index (χ4n) is 18.6. The van der Waals surface area contributed by atoms with E-state index >= 15 is 0 Å². The number of aliphatic hydroxyl groups excluding tert-OH is 3. The average molecular weight is 1090 g/mol. The number of nitrogens with one attached hydrogen (secondary N) is 2. The predicted octanol–water partition coefficient (Wildman–Crippen LogP) is 11.3. The van der Waals surface area contributed by atoms with Gasteiger partial charge in [0.15, 0.2) is 17.7 Å². The number of aromatic amines is 1. The fraction of sp³-hybridized carbons (Fsp3) is 0.585. The first-order valence-corrected chi connectivity index (χ1v) is 32.2. The van der Waals surface area contributed by atoms with Crippen LogP contribution >= 0.6 is 21.6 Å². The van der Waals surface area contributed by atoms with Crippen molar-refractivity contribution in [3.05, 3.63) is 99.5 Å². The van der Waals surface area contributed by atoms with Crippen LogP contribution in [0.4, 0.5) is 0 Å². The maximum atomic E-state index is 14.2. The van der Waals surface area contributed by atoms with E-state index in [0.717, 1.165) is 78.3 Å². The van der Waals surface area contributed by atoms with Crippen LogP contribution in [0.15, 0.2) is 60.6 Å². The molecule has 408 valence electrons. The number of rotatable bonds is 6. The van der Waals surface area contributed by atoms with Crippen LogP contribution in [-0.2, 0) is 22.4 Å². The van der Waals surface area contributed by atoms with Crippen molar-refractivity contribution < 1.29 is 34.7 Å². The number of benzene rings is 2. The van der Waals surface area contributed by atoms with Gasteiger partial charge in [-0.3, -0.25) is 10.1 Å². The number of ketones is 1. The van der Waals surface area contributed by atoms with Crippen molar-refractivity contribution in [3.8, 4) is 41.1 Å². The van der Waals surface area contributed by atoms with Gasteiger partial charge < -0.3 is 45.2 Å². The van der Waals surface area contributed by atoms with Gasteiger partial charge >= 0.3 is 0 Å². The molecule has 0 saturated heterocycles. The Labute approximate surface area is 466 Å². The zero-order chi connectivity index (χ0) is 52.7. The SMILES string of the molecule is NC1NCC23CSSCc4c(CCC(=O)CC(O)C5C=C6C=CC7CCCCC7C6CC5O)c(O)cc5c4OC4C(C#CC(O)c6ccc1c2c6C(c1c[nH]c2cn4cc12)C1(CCC2(CCCC2)C1)C3)C1(C#CO5)CCCC1. The van der Waals surface area contributed by atoms with Crippen LogP contribution in [0.2, 0.25) is 0 Å². The van der Waals surface area contributed by atoms with Gasteiger partial charge in [-0.2, -0.15) is 0 Å². The van der Waals surface area contributed by atoms with Gasteiger partial charge in [-0.25, -0.2) is 0 Å². The number of allylic oxidation sites excluding steroid dienone is 3. The number of hydrogen-bond acceptors (Lipinski definition) is 11. The molecule has 7 aliphatic carbocycles. The average Bonchev–Trinajstić information content (AvgIpc) is 3.72. The summed E-state index contributed by atoms with van der Waals surface area (Å²) in [6.07, 6.45) is 31.2. The van der Waals surface area contributed by atoms with E-state index in [-0.39, 0.29) is 53.7 Å². The van der Waals surface area contributed by atoms with E-state index in [1.165, 1.54) is 80.1 Å². The van der Waals surface area contributed by atoms with Crippen molar-refractivity contribution in [1.29, 1.82) is 0 Å². The summed E-state index contributed by atoms with van der Waals surface area (Å²) in [5, 5.41) is 53.6. The van der Waals surface area contributed by atoms with E-state index in [2.05, 4.69) is 87.7 Å². The fourth-order valence-corrected chi connectivity index (χ4v) is 21.3. The molecule has 4 spiro atoms. The molecule has 78 heavy (non-hydrogen) atoms. The summed E-state index contributed by atoms with van der Waals surface area (Å²) in [5.74, 6) is 13.1. The van der Waals surface area contributed by atoms with Crippen LogP contribution in [-0.4, -0.2) is 60.3 Å². The smallest absolute Gasteiger partial charge is 0.191 e. The molecule has 13 heteroatoms. The van der Waals surface area contributed by atoms with Crippen molar-refractivity contribution in [2.45, 2.75) is 176 Å². The third-order valence-electron chi connectivity index (χ3n) is 22.1. The van der Waals surface area contributed by atoms with Crippen molar-refractivity contribution in [3.63, 3.8) is 0 Å². The number of hydrogen-bond donors (Lipinski definition) is 7. The molecular weight excluding hydrogens is 1010 g/mol. The minimum Gasteiger partial charge on any atom is -0.508 e. The van der Waals surface area contributed by atoms with Crippen LogP contribution in [0.3, 0.4) is 0 Å². The van der Waals surface area contributed by atoms with Crippen LogP contribution in [0, 0.1) is 69.7 Å². The minimum absolute atomic E-state index is 0.00165. The first-order chi connectivity index (χ1) is 37.9. The van der Waals surface area contributed by atoms with Crippen LogP contribution in [0.5, 0.6) is 17.2 Å². The summed E-state index contributed by atoms with van der Waals surface area (Å²) < 4.78 is 16.3. The number of nitrogens with two attached hydrogens (primary N) is 1. The molecule has 13 aliphatic rings. The number of ether oxygens (including phenoxy) is 2. The molecule has 0 radical (unpaired) electrons. The number of nitrogens with zero attached hydrogens (tertiary/aromatic N) is 1. The molecule has 2 aromatic heterocycles. The number of Topliss-reactive ketones (excluding diaryl/α,β-unsaturated/α-hetero) is 1. The quantitative estimate of drug-likeness (QED) is 0.0723. The molecule has 2 aromatic carbocycles. The van der Waals surface area contributed by atoms with Gasteiger partial charge in [0, 0.05) is 89.3 Å². The number of aromatic nitrogens is 2. The number of aromatic hydroxyl groups is 1. The molecule has 6 aliphatic heterocycles. The molecule has 0 amide bonds. The lowest BCUT2D eigenvalue weighted by atomic mass is 9.50. The number of fused-ring (bicyclic) bond motifs is 4. The van der Waals surface area contributed by atoms with Gasteiger partial charge in [0.05, 0.1) is 35.2 Å². The molecule has 8 heterocycles. The molecule has 8 N–H and O–H groups in total. The maximum Gasteiger partial charge on any atom is 0.191 e. The van der Waals surface area contributed by atoms with E-state index in [9.17, 15) is 25.2 Å². The highest BCUT2D eigenvalue weighted by atomic mass is 33.1. The second kappa shape index (κ2) is 19.0. The summed E-state index contributed by atoms with van der Waals surface area (Å²) in [4.78, 5) is 18.0. The summed E-state index contributed by atoms with van der Waals surface area (Å²) in [6.45, 7) is 0.710. The standard InChI is InChI=1S/C65H74N4O7S2/c66-60-43-14-13-42-51(71)16-15-49-61-69-30-47-46(29-67-50(47)31-69)58-56(42)57(43)65(35-68-60,34-64(58)22-21-62(33-64)17-3-4-18-62)36-78-77-32-48-41(54(74)28-55(59(48)76-61)75-24-23-63(49)19-5-6-20-63)12-11-39(70)26-52(72)45-25-38-10-9-37-7-1-2-8-40(37)44(38)27-53(45)73/h9-10,13-14,25,28-31,37,40,44-45,49,51-53,58,60-61,67-68,71-74H,1-8,11-12,17-22,26-27,32-36,66H2. The van der Waals surface area contributed by atoms with Crippen molar-refractivity contribution in [2.24, 2.45) is 51.6 Å². The van der Waals surface area contributed by atoms with Gasteiger partial charge in [0.25, 0.3) is 0 Å². The highest BCUT2D eigenvalue weighted by molar-refractivity contribution is 8.76. The summed E-state index contributed by atoms with van der Waals surface area (Å²) in [7, 11) is 3.58. The Balaban J connectivity index is 0.856. The van der Waals surface area contributed by atoms with Gasteiger partial charge in [0.1, 0.15) is 23.7 Å². The molecular formula is C65H74N4O7S2. The largest absolute Gasteiger partial charge is 0.508 e. The maximum absolute atomic E-state index is 14.2. The Kier molecular flexibility index (Phi) is 12.3. The Bertz CT molecular complexity index is 3310. The lowest BCUT2D eigenvalue weighted by molar-refractivity contribution is -0.122. The number of phenols is 1. The van der Waals surface area contributed by atoms with E-state index < -0.39 is 41.8 Å². The molecule has 4 aromatic rings. The van der Waals surface area contributed by atoms with Crippen molar-refractivity contribution in [2.75, 3.05) is 12.3 Å². The van der Waals surface area contributed by atoms with Gasteiger partial charge in [0.2, 0.25) is 0 Å². The summed E-state index contributed by atoms with van der Waals surface area (Å²) in [5.41, 5.74) is 15.7. The number of phenolic OH excluding ortho intramolecular Hbond substituents is 1. The van der Waals surface area contributed by atoms with Crippen LogP contribution in [0.25, 0.3) is 10.9 Å².